The van der Waals surface area contributed by atoms with E-state index in [1.165, 1.54) is 21.0 Å². The highest BCUT2D eigenvalue weighted by atomic mass is 32.2. The molecule has 0 aliphatic rings. The first-order valence-corrected chi connectivity index (χ1v) is 6.06. The van der Waals surface area contributed by atoms with E-state index in [0.717, 1.165) is 0 Å². The lowest BCUT2D eigenvalue weighted by atomic mass is 10.6. The lowest BCUT2D eigenvalue weighted by molar-refractivity contribution is -0.140. The van der Waals surface area contributed by atoms with Gasteiger partial charge in [-0.15, -0.1) is 0 Å². The Morgan fingerprint density at radius 3 is 2.27 bits per heavy atom. The molecule has 0 unspecified atom stereocenters. The van der Waals surface area contributed by atoms with Crippen LogP contribution in [0.1, 0.15) is 13.8 Å². The van der Waals surface area contributed by atoms with Gasteiger partial charge >= 0.3 is 5.97 Å². The van der Waals surface area contributed by atoms with E-state index in [1.54, 1.807) is 0 Å². The van der Waals surface area contributed by atoms with E-state index in [4.69, 9.17) is 0 Å². The molecule has 0 aromatic rings. The summed E-state index contributed by atoms with van der Waals surface area (Å²) in [6.45, 7) is 2.66. The molecule has 0 aliphatic carbocycles. The van der Waals surface area contributed by atoms with E-state index in [1.807, 2.05) is 0 Å². The molecule has 0 radical (unpaired) electrons. The number of esters is 1. The molecule has 7 heteroatoms. The smallest absolute Gasteiger partial charge is 0.325 e. The van der Waals surface area contributed by atoms with Gasteiger partial charge in [0.2, 0.25) is 5.91 Å². The van der Waals surface area contributed by atoms with Crippen molar-refractivity contribution in [1.82, 2.24) is 5.32 Å². The van der Waals surface area contributed by atoms with Crippen molar-refractivity contribution < 1.29 is 22.7 Å². The quantitative estimate of drug-likeness (QED) is 0.626. The van der Waals surface area contributed by atoms with Crippen LogP contribution in [0.25, 0.3) is 0 Å². The van der Waals surface area contributed by atoms with E-state index < -0.39 is 32.7 Å². The number of hydrogen-bond acceptors (Lipinski definition) is 5. The Labute approximate surface area is 88.9 Å². The Hall–Kier alpha value is -1.11. The normalized spacial score (nSPS) is 11.2. The second-order valence-electron chi connectivity index (χ2n) is 3.21. The van der Waals surface area contributed by atoms with E-state index >= 15 is 0 Å². The Bertz CT molecular complexity index is 333. The zero-order chi connectivity index (χ0) is 12.1. The minimum atomic E-state index is -3.42. The number of methoxy groups -OCH3 is 1. The van der Waals surface area contributed by atoms with Gasteiger partial charge in [0.1, 0.15) is 12.3 Å². The minimum Gasteiger partial charge on any atom is -0.468 e. The molecule has 0 saturated heterocycles. The third-order valence-electron chi connectivity index (χ3n) is 1.71. The monoisotopic (exact) mass is 237 g/mol. The largest absolute Gasteiger partial charge is 0.468 e. The Morgan fingerprint density at radius 1 is 1.33 bits per heavy atom. The molecule has 0 heterocycles. The predicted molar refractivity (Wildman–Crippen MR) is 53.9 cm³/mol. The van der Waals surface area contributed by atoms with E-state index in [2.05, 4.69) is 10.1 Å². The van der Waals surface area contributed by atoms with Gasteiger partial charge in [0.25, 0.3) is 0 Å². The summed E-state index contributed by atoms with van der Waals surface area (Å²) in [4.78, 5) is 21.7. The fourth-order valence-electron chi connectivity index (χ4n) is 0.643. The zero-order valence-electron chi connectivity index (χ0n) is 8.94. The Balaban J connectivity index is 4.11. The SMILES string of the molecule is COC(=O)CNC(=O)CS(=O)(=O)C(C)C. The molecule has 0 aliphatic heterocycles. The van der Waals surface area contributed by atoms with Gasteiger partial charge in [-0.1, -0.05) is 0 Å². The zero-order valence-corrected chi connectivity index (χ0v) is 9.76. The molecule has 0 rings (SSSR count). The van der Waals surface area contributed by atoms with Crippen molar-refractivity contribution in [2.45, 2.75) is 19.1 Å². The molecule has 0 saturated carbocycles. The third-order valence-corrected chi connectivity index (χ3v) is 3.81. The van der Waals surface area contributed by atoms with Gasteiger partial charge < -0.3 is 10.1 Å². The average Bonchev–Trinajstić information content (AvgIpc) is 2.13. The van der Waals surface area contributed by atoms with Gasteiger partial charge in [0.15, 0.2) is 9.84 Å². The highest BCUT2D eigenvalue weighted by Crippen LogP contribution is 1.99. The maximum Gasteiger partial charge on any atom is 0.325 e. The number of carbonyl (C=O) groups is 2. The van der Waals surface area contributed by atoms with E-state index in [-0.39, 0.29) is 6.54 Å². The van der Waals surface area contributed by atoms with Crippen LogP contribution >= 0.6 is 0 Å². The summed E-state index contributed by atoms with van der Waals surface area (Å²) in [5, 5.41) is 1.54. The van der Waals surface area contributed by atoms with Crippen LogP contribution in [0.15, 0.2) is 0 Å². The van der Waals surface area contributed by atoms with Crippen molar-refractivity contribution in [3.8, 4) is 0 Å². The maximum atomic E-state index is 11.3. The van der Waals surface area contributed by atoms with Crippen molar-refractivity contribution in [2.75, 3.05) is 19.4 Å². The number of sulfone groups is 1. The van der Waals surface area contributed by atoms with Crippen molar-refractivity contribution in [3.63, 3.8) is 0 Å². The summed E-state index contributed by atoms with van der Waals surface area (Å²) in [7, 11) is -2.24. The molecular formula is C8H15NO5S. The lowest BCUT2D eigenvalue weighted by Gasteiger charge is -2.07. The molecule has 1 amide bonds. The lowest BCUT2D eigenvalue weighted by Crippen LogP contribution is -2.36. The van der Waals surface area contributed by atoms with Crippen molar-refractivity contribution in [2.24, 2.45) is 0 Å². The molecule has 0 spiro atoms. The highest BCUT2D eigenvalue weighted by molar-refractivity contribution is 7.92. The van der Waals surface area contributed by atoms with Crippen LogP contribution in [0.2, 0.25) is 0 Å². The number of carbonyl (C=O) groups excluding carboxylic acids is 2. The molecule has 0 aromatic carbocycles. The Morgan fingerprint density at radius 2 is 1.87 bits per heavy atom. The van der Waals surface area contributed by atoms with Crippen LogP contribution < -0.4 is 5.32 Å². The highest BCUT2D eigenvalue weighted by Gasteiger charge is 2.20. The summed E-state index contributed by atoms with van der Waals surface area (Å²) in [6, 6.07) is 0. The van der Waals surface area contributed by atoms with Gasteiger partial charge in [-0.3, -0.25) is 9.59 Å². The van der Waals surface area contributed by atoms with Gasteiger partial charge in [-0.2, -0.15) is 0 Å². The van der Waals surface area contributed by atoms with Crippen LogP contribution in [-0.4, -0.2) is 45.0 Å². The topological polar surface area (TPSA) is 89.5 Å². The number of nitrogens with one attached hydrogen (secondary N) is 1. The van der Waals surface area contributed by atoms with Crippen molar-refractivity contribution >= 4 is 21.7 Å². The summed E-state index contributed by atoms with van der Waals surface area (Å²) < 4.78 is 26.8. The van der Waals surface area contributed by atoms with Gasteiger partial charge in [0, 0.05) is 0 Å². The van der Waals surface area contributed by atoms with Crippen LogP contribution in [0.5, 0.6) is 0 Å². The molecule has 6 nitrogen and oxygen atoms in total. The molecule has 0 fully saturated rings. The predicted octanol–water partition coefficient (Wildman–Crippen LogP) is -0.901. The Kier molecular flexibility index (Phi) is 5.27. The average molecular weight is 237 g/mol. The fraction of sp³-hybridized carbons (Fsp3) is 0.750. The second kappa shape index (κ2) is 5.69. The minimum absolute atomic E-state index is 0.317. The molecular weight excluding hydrogens is 222 g/mol. The van der Waals surface area contributed by atoms with E-state index in [0.29, 0.717) is 0 Å². The van der Waals surface area contributed by atoms with Crippen molar-refractivity contribution in [1.29, 1.82) is 0 Å². The van der Waals surface area contributed by atoms with Gasteiger partial charge in [-0.05, 0) is 13.8 Å². The number of rotatable bonds is 5. The van der Waals surface area contributed by atoms with E-state index in [9.17, 15) is 18.0 Å². The third kappa shape index (κ3) is 5.36. The van der Waals surface area contributed by atoms with Gasteiger partial charge in [-0.25, -0.2) is 8.42 Å². The molecule has 0 aromatic heterocycles. The fourth-order valence-corrected chi connectivity index (χ4v) is 1.44. The molecule has 88 valence electrons. The van der Waals surface area contributed by atoms with Crippen molar-refractivity contribution in [3.05, 3.63) is 0 Å². The molecule has 15 heavy (non-hydrogen) atoms. The maximum absolute atomic E-state index is 11.3. The summed E-state index contributed by atoms with van der Waals surface area (Å²) in [6.07, 6.45) is 0. The van der Waals surface area contributed by atoms with Crippen LogP contribution in [0, 0.1) is 0 Å². The first kappa shape index (κ1) is 13.9. The standard InChI is InChI=1S/C8H15NO5S/c1-6(2)15(12,13)5-7(10)9-4-8(11)14-3/h6H,4-5H2,1-3H3,(H,9,10). The number of hydrogen-bond donors (Lipinski definition) is 1. The first-order valence-electron chi connectivity index (χ1n) is 4.34. The summed E-state index contributed by atoms with van der Waals surface area (Å²) in [5.74, 6) is -1.93. The van der Waals surface area contributed by atoms with Crippen LogP contribution in [0.3, 0.4) is 0 Å². The summed E-state index contributed by atoms with van der Waals surface area (Å²) >= 11 is 0. The molecule has 0 atom stereocenters. The number of amides is 1. The first-order chi connectivity index (χ1) is 6.79. The molecule has 0 bridgehead atoms. The molecule has 1 N–H and O–H groups in total. The second-order valence-corrected chi connectivity index (χ2v) is 5.77. The summed E-state index contributed by atoms with van der Waals surface area (Å²) in [5.41, 5.74) is 0. The van der Waals surface area contributed by atoms with Crippen LogP contribution in [-0.2, 0) is 24.2 Å². The van der Waals surface area contributed by atoms with Crippen LogP contribution in [0.4, 0.5) is 0 Å². The van der Waals surface area contributed by atoms with Gasteiger partial charge in [0.05, 0.1) is 12.4 Å². The number of ether oxygens (including phenoxy) is 1.